The molecule has 6 aromatic carbocycles. The van der Waals surface area contributed by atoms with E-state index in [2.05, 4.69) is 147 Å². The monoisotopic (exact) mass is 698 g/mol. The van der Waals surface area contributed by atoms with Gasteiger partial charge in [0.2, 0.25) is 0 Å². The van der Waals surface area contributed by atoms with Crippen molar-refractivity contribution in [2.45, 2.75) is 29.4 Å². The summed E-state index contributed by atoms with van der Waals surface area (Å²) < 4.78 is 4.29. The second kappa shape index (κ2) is 11.5. The molecule has 0 spiro atoms. The molecule has 3 heteroatoms. The van der Waals surface area contributed by atoms with E-state index in [4.69, 9.17) is 0 Å². The van der Waals surface area contributed by atoms with Crippen LogP contribution in [-0.2, 0) is 20.3 Å². The summed E-state index contributed by atoms with van der Waals surface area (Å²) in [5, 5.41) is 5.25. The second-order valence-electron chi connectivity index (χ2n) is 13.1. The van der Waals surface area contributed by atoms with Crippen LogP contribution in [0.15, 0.2) is 132 Å². The van der Waals surface area contributed by atoms with Crippen LogP contribution in [0.2, 0.25) is 8.26 Å². The Balaban J connectivity index is 0.00000163. The Kier molecular flexibility index (Phi) is 7.81. The number of rotatable bonds is 4. The summed E-state index contributed by atoms with van der Waals surface area (Å²) in [6.07, 6.45) is 5.11. The summed E-state index contributed by atoms with van der Waals surface area (Å²) in [6, 6.07) is 45.7. The summed E-state index contributed by atoms with van der Waals surface area (Å²) >= 11 is -2.67. The molecule has 0 nitrogen and oxygen atoms in total. The maximum Gasteiger partial charge on any atom is -1.00 e. The van der Waals surface area contributed by atoms with Crippen LogP contribution in [0.1, 0.15) is 43.4 Å². The van der Waals surface area contributed by atoms with Gasteiger partial charge in [0.05, 0.1) is 0 Å². The van der Waals surface area contributed by atoms with Gasteiger partial charge in [-0.25, -0.2) is 0 Å². The van der Waals surface area contributed by atoms with E-state index in [1.807, 2.05) is 0 Å². The number of hydrogen-bond donors (Lipinski definition) is 0. The van der Waals surface area contributed by atoms with E-state index in [1.165, 1.54) is 63.2 Å². The molecule has 0 bridgehead atoms. The molecule has 2 atom stereocenters. The van der Waals surface area contributed by atoms with Gasteiger partial charge < -0.3 is 24.8 Å². The van der Waals surface area contributed by atoms with E-state index in [0.29, 0.717) is 7.25 Å². The van der Waals surface area contributed by atoms with Gasteiger partial charge in [0.15, 0.2) is 0 Å². The Bertz CT molecular complexity index is 2030. The third-order valence-corrected chi connectivity index (χ3v) is 24.1. The smallest absolute Gasteiger partial charge is 1.00 e. The Hall–Kier alpha value is -3.22. The van der Waals surface area contributed by atoms with Crippen LogP contribution in [0.3, 0.4) is 0 Å². The first kappa shape index (κ1) is 30.4. The molecular formula is C42H34Cl2Zr. The summed E-state index contributed by atoms with van der Waals surface area (Å²) in [6.45, 7) is 4.87. The van der Waals surface area contributed by atoms with Gasteiger partial charge >= 0.3 is 260 Å². The molecule has 1 saturated heterocycles. The average Bonchev–Trinajstić information content (AvgIpc) is 3.62. The van der Waals surface area contributed by atoms with Gasteiger partial charge in [-0.2, -0.15) is 0 Å². The van der Waals surface area contributed by atoms with Crippen LogP contribution in [0.25, 0.3) is 56.0 Å². The molecule has 0 aromatic heterocycles. The van der Waals surface area contributed by atoms with Crippen LogP contribution in [-0.4, -0.2) is 0 Å². The van der Waals surface area contributed by atoms with Crippen molar-refractivity contribution < 1.29 is 45.1 Å². The van der Waals surface area contributed by atoms with Crippen molar-refractivity contribution in [1.29, 1.82) is 0 Å². The van der Waals surface area contributed by atoms with Crippen molar-refractivity contribution in [2.24, 2.45) is 0 Å². The van der Waals surface area contributed by atoms with Gasteiger partial charge in [-0.15, -0.1) is 0 Å². The van der Waals surface area contributed by atoms with Gasteiger partial charge in [-0.3, -0.25) is 0 Å². The normalized spacial score (nSPS) is 18.1. The molecule has 45 heavy (non-hydrogen) atoms. The number of allylic oxidation sites excluding steroid dienone is 2. The zero-order valence-corrected chi connectivity index (χ0v) is 29.5. The van der Waals surface area contributed by atoms with Crippen LogP contribution < -0.4 is 24.8 Å². The maximum atomic E-state index is 2.56. The Morgan fingerprint density at radius 1 is 0.467 bits per heavy atom. The third kappa shape index (κ3) is 4.74. The van der Waals surface area contributed by atoms with Crippen molar-refractivity contribution in [1.82, 2.24) is 0 Å². The molecule has 0 radical (unpaired) electrons. The van der Waals surface area contributed by atoms with Crippen LogP contribution in [0.4, 0.5) is 0 Å². The van der Waals surface area contributed by atoms with E-state index in [1.54, 1.807) is 22.3 Å². The fraction of sp³-hybridized carbons (Fsp3) is 0.143. The molecule has 6 aromatic rings. The predicted octanol–water partition coefficient (Wildman–Crippen LogP) is 5.96. The molecule has 0 amide bonds. The molecule has 0 saturated carbocycles. The van der Waals surface area contributed by atoms with Crippen molar-refractivity contribution in [2.75, 3.05) is 0 Å². The molecule has 1 fully saturated rings. The first-order valence-corrected chi connectivity index (χ1v) is 22.0. The van der Waals surface area contributed by atoms with E-state index in [9.17, 15) is 0 Å². The maximum absolute atomic E-state index is 2.67. The Morgan fingerprint density at radius 2 is 0.889 bits per heavy atom. The van der Waals surface area contributed by atoms with Crippen LogP contribution in [0, 0.1) is 0 Å². The zero-order chi connectivity index (χ0) is 28.7. The SMILES string of the molecule is CC1=Cc2c(-c3ccc4ccccc4c3)cccc2[CH]1[Zr+2]1([CH]2C(C)=Cc3c(-c4ccc5ccccc5c4)cccc32)[CH2][CH2]1.[Cl-].[Cl-]. The number of benzene rings is 6. The fourth-order valence-electron chi connectivity index (χ4n) is 8.74. The predicted molar refractivity (Wildman–Crippen MR) is 181 cm³/mol. The fourth-order valence-corrected chi connectivity index (χ4v) is 26.5. The topological polar surface area (TPSA) is 0 Å². The standard InChI is InChI=1S/2C20H15.C2H4.2ClH.Zr/c2*1-14-11-17-7-4-8-19(20(17)12-14)18-10-9-15-5-2-3-6-16(15)13-18;1-2;;;/h2*2-13H,1H3;1-2H2;2*1H;/q;;;;;+2/p-2. The van der Waals surface area contributed by atoms with Gasteiger partial charge in [0.25, 0.3) is 0 Å². The minimum absolute atomic E-state index is 0. The summed E-state index contributed by atoms with van der Waals surface area (Å²) in [5.74, 6) is 0. The largest absolute Gasteiger partial charge is 1.00 e. The number of halogens is 2. The van der Waals surface area contributed by atoms with E-state index in [-0.39, 0.29) is 24.8 Å². The number of fused-ring (bicyclic) bond motifs is 4. The average molecular weight is 701 g/mol. The second-order valence-corrected chi connectivity index (χ2v) is 24.5. The molecule has 1 heterocycles. The minimum Gasteiger partial charge on any atom is -1.00 e. The molecule has 1 aliphatic heterocycles. The first-order chi connectivity index (χ1) is 21.1. The summed E-state index contributed by atoms with van der Waals surface area (Å²) in [7, 11) is 0. The van der Waals surface area contributed by atoms with Crippen LogP contribution >= 0.6 is 0 Å². The van der Waals surface area contributed by atoms with Gasteiger partial charge in [0.1, 0.15) is 0 Å². The number of hydrogen-bond acceptors (Lipinski definition) is 0. The van der Waals surface area contributed by atoms with Crippen molar-refractivity contribution in [3.05, 3.63) is 155 Å². The van der Waals surface area contributed by atoms with E-state index in [0.717, 1.165) is 0 Å². The molecule has 3 aliphatic rings. The molecule has 220 valence electrons. The van der Waals surface area contributed by atoms with E-state index >= 15 is 0 Å². The minimum atomic E-state index is -2.67. The van der Waals surface area contributed by atoms with Crippen LogP contribution in [0.5, 0.6) is 0 Å². The Labute approximate surface area is 283 Å². The third-order valence-electron chi connectivity index (χ3n) is 10.7. The van der Waals surface area contributed by atoms with Crippen molar-refractivity contribution in [3.63, 3.8) is 0 Å². The van der Waals surface area contributed by atoms with E-state index < -0.39 is 20.3 Å². The Morgan fingerprint density at radius 3 is 1.31 bits per heavy atom. The van der Waals surface area contributed by atoms with Crippen molar-refractivity contribution >= 4 is 33.7 Å². The van der Waals surface area contributed by atoms with Gasteiger partial charge in [-0.05, 0) is 0 Å². The molecule has 2 aliphatic carbocycles. The molecule has 0 N–H and O–H groups in total. The summed E-state index contributed by atoms with van der Waals surface area (Å²) in [5.41, 5.74) is 14.9. The molecule has 2 unspecified atom stereocenters. The van der Waals surface area contributed by atoms with Crippen molar-refractivity contribution in [3.8, 4) is 22.3 Å². The molecule has 9 rings (SSSR count). The zero-order valence-electron chi connectivity index (χ0n) is 25.5. The molecular weight excluding hydrogens is 667 g/mol. The van der Waals surface area contributed by atoms with Gasteiger partial charge in [-0.1, -0.05) is 0 Å². The summed E-state index contributed by atoms with van der Waals surface area (Å²) in [4.78, 5) is 0. The van der Waals surface area contributed by atoms with Gasteiger partial charge in [0, 0.05) is 0 Å². The first-order valence-electron chi connectivity index (χ1n) is 15.7. The quantitative estimate of drug-likeness (QED) is 0.213.